The van der Waals surface area contributed by atoms with Gasteiger partial charge in [-0.2, -0.15) is 0 Å². The van der Waals surface area contributed by atoms with Crippen molar-refractivity contribution in [1.82, 2.24) is 0 Å². The second-order valence-electron chi connectivity index (χ2n) is 5.32. The maximum atomic E-state index is 5.96. The van der Waals surface area contributed by atoms with Gasteiger partial charge in [-0.1, -0.05) is 12.1 Å². The monoisotopic (exact) mass is 262 g/mol. The quantitative estimate of drug-likeness (QED) is 0.801. The third kappa shape index (κ3) is 3.71. The minimum absolute atomic E-state index is 0.124. The molecule has 3 heteroatoms. The van der Waals surface area contributed by atoms with Crippen molar-refractivity contribution in [2.45, 2.75) is 39.2 Å². The Kier molecular flexibility index (Phi) is 5.23. The first-order valence-electron chi connectivity index (χ1n) is 7.43. The lowest BCUT2D eigenvalue weighted by atomic mass is 9.97. The normalized spacial score (nSPS) is 16.3. The number of hydrogen-bond acceptors (Lipinski definition) is 3. The van der Waals surface area contributed by atoms with Gasteiger partial charge >= 0.3 is 0 Å². The number of nitrogens with zero attached hydrogens (tertiary/aromatic N) is 1. The van der Waals surface area contributed by atoms with Crippen LogP contribution in [0.15, 0.2) is 18.2 Å². The van der Waals surface area contributed by atoms with Crippen LogP contribution in [0.2, 0.25) is 0 Å². The lowest BCUT2D eigenvalue weighted by molar-refractivity contribution is 0.146. The van der Waals surface area contributed by atoms with Crippen LogP contribution in [-0.2, 0) is 11.2 Å². The van der Waals surface area contributed by atoms with Gasteiger partial charge in [0.2, 0.25) is 0 Å². The van der Waals surface area contributed by atoms with E-state index in [0.717, 1.165) is 32.7 Å². The van der Waals surface area contributed by atoms with Gasteiger partial charge in [-0.25, -0.2) is 0 Å². The average Bonchev–Trinajstić information content (AvgIpc) is 2.43. The lowest BCUT2D eigenvalue weighted by Gasteiger charge is -2.32. The van der Waals surface area contributed by atoms with E-state index in [1.54, 1.807) is 0 Å². The van der Waals surface area contributed by atoms with Crippen molar-refractivity contribution in [2.24, 2.45) is 5.73 Å². The molecule has 0 saturated carbocycles. The van der Waals surface area contributed by atoms with Crippen LogP contribution in [0.5, 0.6) is 0 Å². The van der Waals surface area contributed by atoms with Gasteiger partial charge in [0, 0.05) is 38.0 Å². The van der Waals surface area contributed by atoms with Gasteiger partial charge in [0.15, 0.2) is 0 Å². The zero-order valence-corrected chi connectivity index (χ0v) is 12.2. The molecule has 2 N–H and O–H groups in total. The zero-order chi connectivity index (χ0) is 13.7. The Morgan fingerprint density at radius 3 is 3.00 bits per heavy atom. The summed E-state index contributed by atoms with van der Waals surface area (Å²) in [6.45, 7) is 8.02. The third-order valence-corrected chi connectivity index (χ3v) is 3.76. The van der Waals surface area contributed by atoms with Crippen LogP contribution >= 0.6 is 0 Å². The molecule has 1 atom stereocenters. The number of anilines is 1. The van der Waals surface area contributed by atoms with Crippen molar-refractivity contribution in [2.75, 3.05) is 31.2 Å². The van der Waals surface area contributed by atoms with Gasteiger partial charge in [0.1, 0.15) is 0 Å². The van der Waals surface area contributed by atoms with Crippen molar-refractivity contribution in [1.29, 1.82) is 0 Å². The molecule has 1 aromatic carbocycles. The predicted octanol–water partition coefficient (Wildman–Crippen LogP) is 2.89. The minimum Gasteiger partial charge on any atom is -0.382 e. The summed E-state index contributed by atoms with van der Waals surface area (Å²) in [5, 5.41) is 0. The van der Waals surface area contributed by atoms with Crippen LogP contribution < -0.4 is 10.6 Å². The molecular formula is C16H26N2O. The Morgan fingerprint density at radius 2 is 2.26 bits per heavy atom. The molecule has 0 bridgehead atoms. The van der Waals surface area contributed by atoms with Crippen molar-refractivity contribution >= 4 is 5.69 Å². The molecule has 0 spiro atoms. The number of nitrogens with two attached hydrogens (primary N) is 1. The number of fused-ring (bicyclic) bond motifs is 1. The minimum atomic E-state index is 0.124. The molecule has 1 aliphatic rings. The van der Waals surface area contributed by atoms with E-state index in [9.17, 15) is 0 Å². The average molecular weight is 262 g/mol. The predicted molar refractivity (Wildman–Crippen MR) is 80.7 cm³/mol. The summed E-state index contributed by atoms with van der Waals surface area (Å²) in [5.41, 5.74) is 10.1. The third-order valence-electron chi connectivity index (χ3n) is 3.76. The Morgan fingerprint density at radius 1 is 1.42 bits per heavy atom. The number of ether oxygens (including phenoxy) is 1. The van der Waals surface area contributed by atoms with Crippen LogP contribution in [0.4, 0.5) is 5.69 Å². The van der Waals surface area contributed by atoms with E-state index in [1.165, 1.54) is 29.7 Å². The zero-order valence-electron chi connectivity index (χ0n) is 12.2. The van der Waals surface area contributed by atoms with Crippen LogP contribution in [0.3, 0.4) is 0 Å². The summed E-state index contributed by atoms with van der Waals surface area (Å²) in [6.07, 6.45) is 3.52. The highest BCUT2D eigenvalue weighted by Crippen LogP contribution is 2.29. The number of rotatable bonds is 6. The number of hydrogen-bond donors (Lipinski definition) is 1. The summed E-state index contributed by atoms with van der Waals surface area (Å²) < 4.78 is 5.42. The molecule has 1 heterocycles. The fraction of sp³-hybridized carbons (Fsp3) is 0.625. The maximum absolute atomic E-state index is 5.96. The highest BCUT2D eigenvalue weighted by atomic mass is 16.5. The van der Waals surface area contributed by atoms with E-state index >= 15 is 0 Å². The first-order chi connectivity index (χ1) is 9.22. The topological polar surface area (TPSA) is 38.5 Å². The van der Waals surface area contributed by atoms with E-state index < -0.39 is 0 Å². The fourth-order valence-electron chi connectivity index (χ4n) is 2.71. The van der Waals surface area contributed by atoms with E-state index in [2.05, 4.69) is 23.1 Å². The highest BCUT2D eigenvalue weighted by molar-refractivity contribution is 5.57. The molecule has 106 valence electrons. The molecule has 0 radical (unpaired) electrons. The molecule has 2 rings (SSSR count). The van der Waals surface area contributed by atoms with Gasteiger partial charge in [0.05, 0.1) is 0 Å². The first kappa shape index (κ1) is 14.4. The lowest BCUT2D eigenvalue weighted by Crippen LogP contribution is -2.31. The molecule has 0 amide bonds. The van der Waals surface area contributed by atoms with Crippen LogP contribution in [0.25, 0.3) is 0 Å². The molecular weight excluding hydrogens is 236 g/mol. The van der Waals surface area contributed by atoms with E-state index in [-0.39, 0.29) is 6.04 Å². The molecule has 1 aromatic rings. The first-order valence-corrected chi connectivity index (χ1v) is 7.43. The van der Waals surface area contributed by atoms with Crippen molar-refractivity contribution in [3.63, 3.8) is 0 Å². The largest absolute Gasteiger partial charge is 0.382 e. The van der Waals surface area contributed by atoms with Crippen LogP contribution in [-0.4, -0.2) is 26.3 Å². The summed E-state index contributed by atoms with van der Waals surface area (Å²) in [7, 11) is 0. The van der Waals surface area contributed by atoms with Gasteiger partial charge in [0.25, 0.3) is 0 Å². The van der Waals surface area contributed by atoms with Crippen molar-refractivity contribution in [3.8, 4) is 0 Å². The molecule has 3 nitrogen and oxygen atoms in total. The smallest absolute Gasteiger partial charge is 0.0482 e. The molecule has 0 aliphatic carbocycles. The van der Waals surface area contributed by atoms with Gasteiger partial charge in [-0.3, -0.25) is 0 Å². The van der Waals surface area contributed by atoms with Gasteiger partial charge in [-0.15, -0.1) is 0 Å². The summed E-state index contributed by atoms with van der Waals surface area (Å²) in [4.78, 5) is 2.49. The molecule has 0 saturated heterocycles. The second kappa shape index (κ2) is 6.92. The van der Waals surface area contributed by atoms with E-state index in [0.29, 0.717) is 0 Å². The van der Waals surface area contributed by atoms with Crippen molar-refractivity contribution < 1.29 is 4.74 Å². The number of aryl methyl sites for hydroxylation is 1. The molecule has 1 unspecified atom stereocenters. The molecule has 0 aromatic heterocycles. The number of benzene rings is 1. The Hall–Kier alpha value is -1.06. The fourth-order valence-corrected chi connectivity index (χ4v) is 2.71. The van der Waals surface area contributed by atoms with Crippen molar-refractivity contribution in [3.05, 3.63) is 29.3 Å². The Balaban J connectivity index is 2.02. The summed E-state index contributed by atoms with van der Waals surface area (Å²) in [6, 6.07) is 6.83. The van der Waals surface area contributed by atoms with Crippen LogP contribution in [0, 0.1) is 0 Å². The standard InChI is InChI=1S/C16H26N2O/c1-3-19-11-5-10-18-9-4-6-15-12-14(13(2)17)7-8-16(15)18/h7-8,12-13H,3-6,9-11,17H2,1-2H3. The van der Waals surface area contributed by atoms with E-state index in [4.69, 9.17) is 10.5 Å². The molecule has 19 heavy (non-hydrogen) atoms. The van der Waals surface area contributed by atoms with Crippen LogP contribution in [0.1, 0.15) is 43.9 Å². The van der Waals surface area contributed by atoms with Gasteiger partial charge < -0.3 is 15.4 Å². The maximum Gasteiger partial charge on any atom is 0.0482 e. The van der Waals surface area contributed by atoms with E-state index in [1.807, 2.05) is 13.8 Å². The molecule has 0 fully saturated rings. The highest BCUT2D eigenvalue weighted by Gasteiger charge is 2.17. The second-order valence-corrected chi connectivity index (χ2v) is 5.32. The summed E-state index contributed by atoms with van der Waals surface area (Å²) >= 11 is 0. The van der Waals surface area contributed by atoms with Gasteiger partial charge in [-0.05, 0) is 50.3 Å². The molecule has 1 aliphatic heterocycles. The Labute approximate surface area is 116 Å². The SMILES string of the molecule is CCOCCCN1CCCc2cc(C(C)N)ccc21. The summed E-state index contributed by atoms with van der Waals surface area (Å²) in [5.74, 6) is 0. The Bertz CT molecular complexity index is 404.